The van der Waals surface area contributed by atoms with Gasteiger partial charge in [0.25, 0.3) is 0 Å². The molecule has 3 heteroatoms. The van der Waals surface area contributed by atoms with Gasteiger partial charge in [-0.15, -0.1) is 0 Å². The number of carboxylic acids is 1. The normalized spacial score (nSPS) is 11.8. The van der Waals surface area contributed by atoms with Gasteiger partial charge in [-0.1, -0.05) is 32.9 Å². The van der Waals surface area contributed by atoms with E-state index in [-0.39, 0.29) is 6.42 Å². The van der Waals surface area contributed by atoms with E-state index in [1.54, 1.807) is 6.08 Å². The highest BCUT2D eigenvalue weighted by Crippen LogP contribution is 2.31. The molecule has 0 aromatic heterocycles. The fourth-order valence-corrected chi connectivity index (χ4v) is 2.16. The highest BCUT2D eigenvalue weighted by molar-refractivity contribution is 5.74. The Labute approximate surface area is 121 Å². The molecule has 1 aromatic carbocycles. The van der Waals surface area contributed by atoms with Crippen LogP contribution in [0.4, 0.5) is 0 Å². The van der Waals surface area contributed by atoms with Crippen LogP contribution in [0.2, 0.25) is 0 Å². The molecule has 0 aliphatic carbocycles. The molecule has 1 rings (SSSR count). The quantitative estimate of drug-likeness (QED) is 0.798. The van der Waals surface area contributed by atoms with Crippen LogP contribution >= 0.6 is 0 Å². The molecule has 1 N–H and O–H groups in total. The van der Waals surface area contributed by atoms with E-state index < -0.39 is 5.97 Å². The monoisotopic (exact) mass is 276 g/mol. The van der Waals surface area contributed by atoms with E-state index in [0.717, 1.165) is 23.3 Å². The van der Waals surface area contributed by atoms with Crippen molar-refractivity contribution in [1.82, 2.24) is 0 Å². The molecule has 1 aromatic rings. The van der Waals surface area contributed by atoms with Crippen LogP contribution in [-0.2, 0) is 4.79 Å². The van der Waals surface area contributed by atoms with Crippen molar-refractivity contribution in [3.05, 3.63) is 35.4 Å². The zero-order valence-corrected chi connectivity index (χ0v) is 12.8. The maximum atomic E-state index is 10.7. The van der Waals surface area contributed by atoms with Crippen molar-refractivity contribution < 1.29 is 14.6 Å². The smallest absolute Gasteiger partial charge is 0.307 e. The number of hydrogen-bond donors (Lipinski definition) is 1. The summed E-state index contributed by atoms with van der Waals surface area (Å²) >= 11 is 0. The lowest BCUT2D eigenvalue weighted by Gasteiger charge is -2.16. The van der Waals surface area contributed by atoms with Crippen molar-refractivity contribution in [2.45, 2.75) is 46.5 Å². The molecule has 0 bridgehead atoms. The van der Waals surface area contributed by atoms with E-state index in [1.165, 1.54) is 5.56 Å². The third-order valence-electron chi connectivity index (χ3n) is 3.21. The first-order valence-electron chi connectivity index (χ1n) is 7.17. The Morgan fingerprint density at radius 3 is 2.55 bits per heavy atom. The molecule has 0 heterocycles. The minimum Gasteiger partial charge on any atom is -0.494 e. The summed E-state index contributed by atoms with van der Waals surface area (Å²) in [7, 11) is 0. The van der Waals surface area contributed by atoms with Crippen LogP contribution < -0.4 is 4.74 Å². The van der Waals surface area contributed by atoms with Crippen LogP contribution in [0.1, 0.15) is 57.6 Å². The predicted molar refractivity (Wildman–Crippen MR) is 82.2 cm³/mol. The summed E-state index contributed by atoms with van der Waals surface area (Å²) in [4.78, 5) is 10.7. The van der Waals surface area contributed by atoms with E-state index in [9.17, 15) is 4.79 Å². The van der Waals surface area contributed by atoms with E-state index in [4.69, 9.17) is 9.84 Å². The lowest BCUT2D eigenvalue weighted by Crippen LogP contribution is -2.00. The van der Waals surface area contributed by atoms with Gasteiger partial charge in [-0.2, -0.15) is 0 Å². The summed E-state index contributed by atoms with van der Waals surface area (Å²) in [6.07, 6.45) is 2.67. The number of rotatable bonds is 7. The summed E-state index contributed by atoms with van der Waals surface area (Å²) in [5, 5.41) is 8.80. The van der Waals surface area contributed by atoms with Crippen LogP contribution in [0.15, 0.2) is 24.3 Å². The van der Waals surface area contributed by atoms with Crippen molar-refractivity contribution in [2.24, 2.45) is 0 Å². The standard InChI is InChI=1S/C17H24O3/c1-5-13(8-10-17(18)19)14-7-9-16(20-6-2)15(11-14)12(3)4/h7-9,11-12H,5-6,10H2,1-4H3,(H,18,19)/b13-8+. The number of hydrogen-bond acceptors (Lipinski definition) is 2. The fraction of sp³-hybridized carbons (Fsp3) is 0.471. The van der Waals surface area contributed by atoms with Crippen molar-refractivity contribution in [3.8, 4) is 5.75 Å². The molecule has 0 saturated carbocycles. The molecule has 0 spiro atoms. The summed E-state index contributed by atoms with van der Waals surface area (Å²) in [5.41, 5.74) is 3.32. The third-order valence-corrected chi connectivity index (χ3v) is 3.21. The molecule has 0 fully saturated rings. The molecular weight excluding hydrogens is 252 g/mol. The minimum absolute atomic E-state index is 0.0629. The Morgan fingerprint density at radius 2 is 2.05 bits per heavy atom. The van der Waals surface area contributed by atoms with E-state index >= 15 is 0 Å². The Hall–Kier alpha value is -1.77. The van der Waals surface area contributed by atoms with Gasteiger partial charge in [0.1, 0.15) is 5.75 Å². The Kier molecular flexibility index (Phi) is 6.29. The van der Waals surface area contributed by atoms with Crippen LogP contribution in [-0.4, -0.2) is 17.7 Å². The molecule has 0 aliphatic heterocycles. The Balaban J connectivity index is 3.15. The van der Waals surface area contributed by atoms with E-state index in [0.29, 0.717) is 12.5 Å². The largest absolute Gasteiger partial charge is 0.494 e. The van der Waals surface area contributed by atoms with Gasteiger partial charge in [0, 0.05) is 0 Å². The zero-order valence-electron chi connectivity index (χ0n) is 12.8. The molecule has 110 valence electrons. The van der Waals surface area contributed by atoms with Crippen molar-refractivity contribution >= 4 is 11.5 Å². The van der Waals surface area contributed by atoms with Gasteiger partial charge in [0.05, 0.1) is 13.0 Å². The maximum absolute atomic E-state index is 10.7. The van der Waals surface area contributed by atoms with E-state index in [1.807, 2.05) is 26.0 Å². The predicted octanol–water partition coefficient (Wildman–Crippen LogP) is 4.48. The number of benzene rings is 1. The first kappa shape index (κ1) is 16.3. The number of ether oxygens (including phenoxy) is 1. The molecule has 0 atom stereocenters. The molecule has 3 nitrogen and oxygen atoms in total. The summed E-state index contributed by atoms with van der Waals surface area (Å²) in [6, 6.07) is 6.11. The lowest BCUT2D eigenvalue weighted by molar-refractivity contribution is -0.135. The first-order chi connectivity index (χ1) is 9.49. The molecule has 0 aliphatic rings. The SMILES string of the molecule is CCOc1ccc(/C(=C/CC(=O)O)CC)cc1C(C)C. The lowest BCUT2D eigenvalue weighted by atomic mass is 9.95. The maximum Gasteiger partial charge on any atom is 0.307 e. The van der Waals surface area contributed by atoms with Gasteiger partial charge in [0.15, 0.2) is 0 Å². The van der Waals surface area contributed by atoms with Crippen LogP contribution in [0.5, 0.6) is 5.75 Å². The van der Waals surface area contributed by atoms with Gasteiger partial charge >= 0.3 is 5.97 Å². The highest BCUT2D eigenvalue weighted by Gasteiger charge is 2.10. The van der Waals surface area contributed by atoms with Crippen molar-refractivity contribution in [3.63, 3.8) is 0 Å². The number of carbonyl (C=O) groups is 1. The minimum atomic E-state index is -0.800. The van der Waals surface area contributed by atoms with Crippen LogP contribution in [0.25, 0.3) is 5.57 Å². The first-order valence-corrected chi connectivity index (χ1v) is 7.17. The van der Waals surface area contributed by atoms with Gasteiger partial charge in [-0.3, -0.25) is 4.79 Å². The average Bonchev–Trinajstić information content (AvgIpc) is 2.40. The second kappa shape index (κ2) is 7.73. The average molecular weight is 276 g/mol. The van der Waals surface area contributed by atoms with Crippen molar-refractivity contribution in [1.29, 1.82) is 0 Å². The second-order valence-electron chi connectivity index (χ2n) is 5.02. The van der Waals surface area contributed by atoms with Crippen molar-refractivity contribution in [2.75, 3.05) is 6.61 Å². The fourth-order valence-electron chi connectivity index (χ4n) is 2.16. The second-order valence-corrected chi connectivity index (χ2v) is 5.02. The summed E-state index contributed by atoms with van der Waals surface area (Å²) in [6.45, 7) is 8.93. The van der Waals surface area contributed by atoms with Gasteiger partial charge < -0.3 is 9.84 Å². The number of carboxylic acid groups (broad SMARTS) is 1. The van der Waals surface area contributed by atoms with Gasteiger partial charge in [-0.25, -0.2) is 0 Å². The molecule has 0 saturated heterocycles. The third kappa shape index (κ3) is 4.41. The highest BCUT2D eigenvalue weighted by atomic mass is 16.5. The number of aliphatic carboxylic acids is 1. The summed E-state index contributed by atoms with van der Waals surface area (Å²) < 4.78 is 5.65. The zero-order chi connectivity index (χ0) is 15.1. The van der Waals surface area contributed by atoms with Crippen LogP contribution in [0, 0.1) is 0 Å². The van der Waals surface area contributed by atoms with Gasteiger partial charge in [-0.05, 0) is 48.1 Å². The number of allylic oxidation sites excluding steroid dienone is 1. The summed E-state index contributed by atoms with van der Waals surface area (Å²) in [5.74, 6) is 0.486. The molecule has 0 unspecified atom stereocenters. The molecule has 0 radical (unpaired) electrons. The van der Waals surface area contributed by atoms with Crippen LogP contribution in [0.3, 0.4) is 0 Å². The molecule has 0 amide bonds. The topological polar surface area (TPSA) is 46.5 Å². The van der Waals surface area contributed by atoms with E-state index in [2.05, 4.69) is 19.9 Å². The molecule has 20 heavy (non-hydrogen) atoms. The Bertz CT molecular complexity index is 487. The Morgan fingerprint density at radius 1 is 1.35 bits per heavy atom. The van der Waals surface area contributed by atoms with Gasteiger partial charge in [0.2, 0.25) is 0 Å². The molecular formula is C17H24O3.